The maximum Gasteiger partial charge on any atom is 0.257 e. The van der Waals surface area contributed by atoms with Gasteiger partial charge in [0.1, 0.15) is 28.6 Å². The van der Waals surface area contributed by atoms with E-state index in [2.05, 4.69) is 11.9 Å². The Morgan fingerprint density at radius 3 is 2.39 bits per heavy atom. The van der Waals surface area contributed by atoms with Crippen molar-refractivity contribution in [3.05, 3.63) is 72.8 Å². The highest BCUT2D eigenvalue weighted by Gasteiger charge is 2.36. The van der Waals surface area contributed by atoms with E-state index in [1.54, 1.807) is 16.6 Å². The zero-order valence-corrected chi connectivity index (χ0v) is 20.1. The number of benzene rings is 2. The van der Waals surface area contributed by atoms with E-state index in [-0.39, 0.29) is 25.3 Å². The van der Waals surface area contributed by atoms with Gasteiger partial charge in [-0.3, -0.25) is 9.59 Å². The number of carbonyl (C=O) groups is 2. The van der Waals surface area contributed by atoms with Gasteiger partial charge in [0.25, 0.3) is 5.91 Å². The monoisotopic (exact) mass is 489 g/mol. The zero-order valence-electron chi connectivity index (χ0n) is 20.1. The number of hydrogen-bond acceptors (Lipinski definition) is 5. The molecular weight excluding hydrogens is 454 g/mol. The third-order valence-electron chi connectivity index (χ3n) is 6.41. The van der Waals surface area contributed by atoms with Crippen LogP contribution in [0.2, 0.25) is 0 Å². The lowest BCUT2D eigenvalue weighted by Gasteiger charge is -2.38. The summed E-state index contributed by atoms with van der Waals surface area (Å²) in [6, 6.07) is 17.1. The molecule has 0 saturated heterocycles. The summed E-state index contributed by atoms with van der Waals surface area (Å²) in [6.45, 7) is 6.86. The molecule has 1 heterocycles. The summed E-state index contributed by atoms with van der Waals surface area (Å²) >= 11 is 0. The fourth-order valence-corrected chi connectivity index (χ4v) is 4.45. The second-order valence-corrected chi connectivity index (χ2v) is 8.64. The molecule has 0 bridgehead atoms. The Kier molecular flexibility index (Phi) is 8.53. The van der Waals surface area contributed by atoms with Gasteiger partial charge in [-0.15, -0.1) is 0 Å². The topological polar surface area (TPSA) is 102 Å². The van der Waals surface area contributed by atoms with Crippen LogP contribution in [-0.2, 0) is 4.79 Å². The van der Waals surface area contributed by atoms with Crippen molar-refractivity contribution < 1.29 is 14.3 Å². The van der Waals surface area contributed by atoms with E-state index >= 15 is 0 Å². The smallest absolute Gasteiger partial charge is 0.257 e. The van der Waals surface area contributed by atoms with Gasteiger partial charge in [0, 0.05) is 25.7 Å². The zero-order chi connectivity index (χ0) is 24.9. The number of rotatable bonds is 9. The molecule has 3 N–H and O–H groups in total. The molecule has 8 heteroatoms. The number of amides is 2. The minimum Gasteiger partial charge on any atom is -0.457 e. The predicted octanol–water partition coefficient (Wildman–Crippen LogP) is 4.91. The van der Waals surface area contributed by atoms with Gasteiger partial charge in [-0.05, 0) is 68.2 Å². The van der Waals surface area contributed by atoms with Gasteiger partial charge >= 0.3 is 0 Å². The first kappa shape index (κ1) is 26.5. The van der Waals surface area contributed by atoms with Crippen LogP contribution in [0.15, 0.2) is 67.3 Å². The van der Waals surface area contributed by atoms with Gasteiger partial charge in [0.05, 0.1) is 6.04 Å². The van der Waals surface area contributed by atoms with Crippen molar-refractivity contribution in [3.63, 3.8) is 0 Å². The SMILES string of the molecule is C.C=CC(=O)N(CC)CC1CC(n2nc(-c3ccc(Oc4ccccc4)cc3)c(C(=O)NC)c2N)C1. The van der Waals surface area contributed by atoms with E-state index in [0.29, 0.717) is 41.8 Å². The molecule has 190 valence electrons. The first-order valence-electron chi connectivity index (χ1n) is 11.8. The maximum absolute atomic E-state index is 12.7. The number of nitrogens with zero attached hydrogens (tertiary/aromatic N) is 3. The van der Waals surface area contributed by atoms with Crippen LogP contribution in [0.3, 0.4) is 0 Å². The normalized spacial score (nSPS) is 16.3. The molecule has 2 amide bonds. The second-order valence-electron chi connectivity index (χ2n) is 8.64. The summed E-state index contributed by atoms with van der Waals surface area (Å²) in [7, 11) is 1.58. The second kappa shape index (κ2) is 11.6. The number of anilines is 1. The van der Waals surface area contributed by atoms with Crippen LogP contribution in [-0.4, -0.2) is 46.6 Å². The quantitative estimate of drug-likeness (QED) is 0.416. The Morgan fingerprint density at radius 2 is 1.81 bits per heavy atom. The van der Waals surface area contributed by atoms with E-state index in [1.165, 1.54) is 6.08 Å². The van der Waals surface area contributed by atoms with Crippen LogP contribution in [0, 0.1) is 5.92 Å². The summed E-state index contributed by atoms with van der Waals surface area (Å²) < 4.78 is 7.64. The van der Waals surface area contributed by atoms with Crippen molar-refractivity contribution in [2.24, 2.45) is 5.92 Å². The molecule has 36 heavy (non-hydrogen) atoms. The number of nitrogens with one attached hydrogen (secondary N) is 1. The summed E-state index contributed by atoms with van der Waals surface area (Å²) in [6.07, 6.45) is 3.02. The third-order valence-corrected chi connectivity index (χ3v) is 6.41. The first-order chi connectivity index (χ1) is 16.9. The minimum atomic E-state index is -0.280. The molecule has 1 aromatic heterocycles. The highest BCUT2D eigenvalue weighted by Crippen LogP contribution is 2.41. The minimum absolute atomic E-state index is 0. The molecule has 1 aliphatic rings. The number of ether oxygens (including phenoxy) is 1. The van der Waals surface area contributed by atoms with E-state index in [9.17, 15) is 9.59 Å². The lowest BCUT2D eigenvalue weighted by atomic mass is 9.80. The Morgan fingerprint density at radius 1 is 1.17 bits per heavy atom. The molecule has 0 radical (unpaired) electrons. The molecule has 3 aromatic rings. The number of hydrogen-bond donors (Lipinski definition) is 2. The molecule has 1 aliphatic carbocycles. The molecule has 1 fully saturated rings. The summed E-state index contributed by atoms with van der Waals surface area (Å²) in [5.41, 5.74) is 8.12. The number of nitrogens with two attached hydrogens (primary N) is 1. The number of aromatic nitrogens is 2. The highest BCUT2D eigenvalue weighted by atomic mass is 16.5. The highest BCUT2D eigenvalue weighted by molar-refractivity contribution is 6.04. The van der Waals surface area contributed by atoms with E-state index < -0.39 is 0 Å². The third kappa shape index (κ3) is 5.43. The molecule has 0 unspecified atom stereocenters. The van der Waals surface area contributed by atoms with Crippen molar-refractivity contribution in [3.8, 4) is 22.8 Å². The molecular formula is C28H35N5O3. The van der Waals surface area contributed by atoms with E-state index in [4.69, 9.17) is 15.6 Å². The molecule has 4 rings (SSSR count). The van der Waals surface area contributed by atoms with Crippen molar-refractivity contribution in [2.75, 3.05) is 25.9 Å². The first-order valence-corrected chi connectivity index (χ1v) is 11.8. The van der Waals surface area contributed by atoms with Gasteiger partial charge in [-0.25, -0.2) is 4.68 Å². The van der Waals surface area contributed by atoms with Gasteiger partial charge < -0.3 is 20.7 Å². The number of nitrogen functional groups attached to an aromatic ring is 1. The van der Waals surface area contributed by atoms with Crippen LogP contribution >= 0.6 is 0 Å². The number of para-hydroxylation sites is 1. The fourth-order valence-electron chi connectivity index (χ4n) is 4.45. The summed E-state index contributed by atoms with van der Waals surface area (Å²) in [4.78, 5) is 26.5. The van der Waals surface area contributed by atoms with Crippen molar-refractivity contribution in [1.29, 1.82) is 0 Å². The van der Waals surface area contributed by atoms with Crippen LogP contribution in [0.1, 0.15) is 43.6 Å². The lowest BCUT2D eigenvalue weighted by Crippen LogP contribution is -2.40. The number of carbonyl (C=O) groups excluding carboxylic acids is 2. The molecule has 2 aromatic carbocycles. The van der Waals surface area contributed by atoms with E-state index in [1.807, 2.05) is 61.5 Å². The van der Waals surface area contributed by atoms with Gasteiger partial charge in [0.2, 0.25) is 5.91 Å². The van der Waals surface area contributed by atoms with Crippen LogP contribution in [0.25, 0.3) is 11.3 Å². The van der Waals surface area contributed by atoms with Crippen LogP contribution in [0.4, 0.5) is 5.82 Å². The molecule has 1 saturated carbocycles. The lowest BCUT2D eigenvalue weighted by molar-refractivity contribution is -0.127. The standard InChI is InChI=1S/C27H31N5O3.CH4/c1-4-23(33)31(5-2)17-18-15-20(16-18)32-26(28)24(27(34)29-3)25(30-32)19-11-13-22(14-12-19)35-21-9-7-6-8-10-21;/h4,6-14,18,20H,1,5,15-17,28H2,2-3H3,(H,29,34);1H4. The summed E-state index contributed by atoms with van der Waals surface area (Å²) in [5, 5.41) is 7.44. The summed E-state index contributed by atoms with van der Waals surface area (Å²) in [5.74, 6) is 1.80. The predicted molar refractivity (Wildman–Crippen MR) is 143 cm³/mol. The maximum atomic E-state index is 12.7. The van der Waals surface area contributed by atoms with Gasteiger partial charge in [-0.1, -0.05) is 32.2 Å². The van der Waals surface area contributed by atoms with Crippen LogP contribution in [0.5, 0.6) is 11.5 Å². The molecule has 0 aliphatic heterocycles. The average Bonchev–Trinajstić information content (AvgIpc) is 3.20. The number of likely N-dealkylation sites (N-methyl/N-ethyl adjacent to an activating group) is 1. The Balaban J connectivity index is 0.00000361. The van der Waals surface area contributed by atoms with Gasteiger partial charge in [0.15, 0.2) is 0 Å². The Labute approximate surface area is 212 Å². The molecule has 0 spiro atoms. The van der Waals surface area contributed by atoms with Crippen molar-refractivity contribution in [2.45, 2.75) is 33.2 Å². The van der Waals surface area contributed by atoms with Gasteiger partial charge in [-0.2, -0.15) is 5.10 Å². The van der Waals surface area contributed by atoms with E-state index in [0.717, 1.165) is 24.2 Å². The molecule has 0 atom stereocenters. The van der Waals surface area contributed by atoms with Crippen LogP contribution < -0.4 is 15.8 Å². The van der Waals surface area contributed by atoms with Crippen molar-refractivity contribution in [1.82, 2.24) is 20.0 Å². The Hall–Kier alpha value is -4.07. The fraction of sp³-hybridized carbons (Fsp3) is 0.321. The van der Waals surface area contributed by atoms with Crippen molar-refractivity contribution >= 4 is 17.6 Å². The molecule has 8 nitrogen and oxygen atoms in total. The largest absolute Gasteiger partial charge is 0.457 e. The average molecular weight is 490 g/mol. The Bertz CT molecular complexity index is 1200.